The molecule has 110 valence electrons. The minimum Gasteiger partial charge on any atom is -0.495 e. The van der Waals surface area contributed by atoms with Gasteiger partial charge in [0.05, 0.1) is 12.3 Å². The van der Waals surface area contributed by atoms with Crippen LogP contribution in [-0.2, 0) is 11.3 Å². The fraction of sp³-hybridized carbons (Fsp3) is 0.312. The average molecular weight is 304 g/mol. The molecule has 5 heteroatoms. The van der Waals surface area contributed by atoms with Crippen LogP contribution in [0.5, 0.6) is 0 Å². The van der Waals surface area contributed by atoms with Crippen molar-refractivity contribution in [3.63, 3.8) is 0 Å². The van der Waals surface area contributed by atoms with E-state index in [-0.39, 0.29) is 0 Å². The van der Waals surface area contributed by atoms with Crippen molar-refractivity contribution in [2.75, 3.05) is 13.7 Å². The number of hydrogen-bond donors (Lipinski definition) is 0. The predicted octanol–water partition coefficient (Wildman–Crippen LogP) is 3.56. The van der Waals surface area contributed by atoms with Crippen molar-refractivity contribution in [1.29, 1.82) is 0 Å². The second kappa shape index (κ2) is 7.11. The van der Waals surface area contributed by atoms with Crippen molar-refractivity contribution in [2.24, 2.45) is 0 Å². The third-order valence-electron chi connectivity index (χ3n) is 3.27. The Bertz CT molecular complexity index is 616. The average Bonchev–Trinajstić information content (AvgIpc) is 2.49. The highest BCUT2D eigenvalue weighted by Crippen LogP contribution is 2.27. The lowest BCUT2D eigenvalue weighted by Gasteiger charge is -2.25. The van der Waals surface area contributed by atoms with E-state index < -0.39 is 0 Å². The smallest absolute Gasteiger partial charge is 0.318 e. The number of halogens is 1. The summed E-state index contributed by atoms with van der Waals surface area (Å²) in [6, 6.07) is 10.2. The van der Waals surface area contributed by atoms with E-state index in [9.17, 15) is 0 Å². The number of allylic oxidation sites excluding steroid dienone is 3. The Hall–Kier alpha value is -2.03. The highest BCUT2D eigenvalue weighted by Gasteiger charge is 2.26. The van der Waals surface area contributed by atoms with Gasteiger partial charge in [0.25, 0.3) is 0 Å². The lowest BCUT2D eigenvalue weighted by molar-refractivity contribution is -0.00748. The van der Waals surface area contributed by atoms with Gasteiger partial charge in [-0.3, -0.25) is 0 Å². The van der Waals surface area contributed by atoms with Crippen LogP contribution in [0.2, 0.25) is 0 Å². The van der Waals surface area contributed by atoms with Crippen LogP contribution in [0.15, 0.2) is 52.9 Å². The summed E-state index contributed by atoms with van der Waals surface area (Å²) in [5.41, 5.74) is 11.5. The van der Waals surface area contributed by atoms with E-state index in [1.807, 2.05) is 32.2 Å². The third-order valence-corrected chi connectivity index (χ3v) is 3.59. The summed E-state index contributed by atoms with van der Waals surface area (Å²) in [6.07, 6.45) is 2.18. The van der Waals surface area contributed by atoms with Crippen molar-refractivity contribution < 1.29 is 9.53 Å². The maximum Gasteiger partial charge on any atom is 0.318 e. The van der Waals surface area contributed by atoms with Gasteiger partial charge in [0, 0.05) is 13.6 Å². The third kappa shape index (κ3) is 3.75. The Morgan fingerprint density at radius 1 is 1.33 bits per heavy atom. The van der Waals surface area contributed by atoms with E-state index in [0.29, 0.717) is 23.8 Å². The van der Waals surface area contributed by atoms with Crippen molar-refractivity contribution in [3.05, 3.63) is 64.0 Å². The SMILES string of the molecule is CCOC1=C(N(C)Cc2ccccc2)C=C(Cl)C(=[N+]=[N-])C1. The summed E-state index contributed by atoms with van der Waals surface area (Å²) in [4.78, 5) is 5.30. The zero-order valence-electron chi connectivity index (χ0n) is 12.2. The van der Waals surface area contributed by atoms with Crippen LogP contribution in [0.1, 0.15) is 18.9 Å². The molecular weight excluding hydrogens is 286 g/mol. The second-order valence-electron chi connectivity index (χ2n) is 4.80. The van der Waals surface area contributed by atoms with Gasteiger partial charge < -0.3 is 15.2 Å². The van der Waals surface area contributed by atoms with Crippen LogP contribution in [0, 0.1) is 0 Å². The molecule has 0 atom stereocenters. The molecule has 1 aliphatic rings. The van der Waals surface area contributed by atoms with Gasteiger partial charge in [0.15, 0.2) is 0 Å². The topological polar surface area (TPSA) is 48.9 Å². The standard InChI is InChI=1S/C16H18ClN3O/c1-3-21-16-10-14(19-18)13(17)9-15(16)20(2)11-12-7-5-4-6-8-12/h4-9H,3,10-11H2,1-2H3. The molecule has 0 spiro atoms. The quantitative estimate of drug-likeness (QED) is 0.617. The molecule has 0 N–H and O–H groups in total. The molecule has 2 rings (SSSR count). The van der Waals surface area contributed by atoms with E-state index >= 15 is 0 Å². The second-order valence-corrected chi connectivity index (χ2v) is 5.21. The molecule has 4 nitrogen and oxygen atoms in total. The Balaban J connectivity index is 2.27. The van der Waals surface area contributed by atoms with E-state index in [2.05, 4.69) is 21.8 Å². The highest BCUT2D eigenvalue weighted by atomic mass is 35.5. The van der Waals surface area contributed by atoms with Crippen LogP contribution in [0.4, 0.5) is 0 Å². The number of likely N-dealkylation sites (N-methyl/N-ethyl adjacent to an activating group) is 1. The summed E-state index contributed by atoms with van der Waals surface area (Å²) in [5, 5.41) is 0.441. The van der Waals surface area contributed by atoms with E-state index in [1.165, 1.54) is 5.56 Å². The van der Waals surface area contributed by atoms with Gasteiger partial charge in [-0.25, -0.2) is 0 Å². The van der Waals surface area contributed by atoms with Crippen molar-refractivity contribution >= 4 is 17.3 Å². The minimum atomic E-state index is 0.397. The lowest BCUT2D eigenvalue weighted by atomic mass is 10.1. The maximum absolute atomic E-state index is 8.98. The summed E-state index contributed by atoms with van der Waals surface area (Å²) in [5.74, 6) is 0.771. The molecule has 1 aliphatic carbocycles. The molecule has 0 bridgehead atoms. The summed E-state index contributed by atoms with van der Waals surface area (Å²) in [6.45, 7) is 3.23. The van der Waals surface area contributed by atoms with Crippen LogP contribution in [-0.4, -0.2) is 29.1 Å². The van der Waals surface area contributed by atoms with Crippen LogP contribution in [0.3, 0.4) is 0 Å². The van der Waals surface area contributed by atoms with E-state index in [0.717, 1.165) is 18.0 Å². The number of rotatable bonds is 5. The molecule has 0 aliphatic heterocycles. The number of nitrogens with zero attached hydrogens (tertiary/aromatic N) is 3. The van der Waals surface area contributed by atoms with Gasteiger partial charge in [-0.2, -0.15) is 4.79 Å². The van der Waals surface area contributed by atoms with Gasteiger partial charge in [0.2, 0.25) is 0 Å². The van der Waals surface area contributed by atoms with Crippen molar-refractivity contribution in [2.45, 2.75) is 19.9 Å². The van der Waals surface area contributed by atoms with Crippen molar-refractivity contribution in [3.8, 4) is 0 Å². The molecule has 0 fully saturated rings. The van der Waals surface area contributed by atoms with Gasteiger partial charge >= 0.3 is 5.71 Å². The summed E-state index contributed by atoms with van der Waals surface area (Å²) >= 11 is 6.14. The summed E-state index contributed by atoms with van der Waals surface area (Å²) in [7, 11) is 1.99. The molecule has 1 aromatic rings. The van der Waals surface area contributed by atoms with Gasteiger partial charge in [-0.1, -0.05) is 41.9 Å². The van der Waals surface area contributed by atoms with E-state index in [1.54, 1.807) is 6.08 Å². The fourth-order valence-corrected chi connectivity index (χ4v) is 2.47. The van der Waals surface area contributed by atoms with Crippen LogP contribution in [0.25, 0.3) is 5.53 Å². The van der Waals surface area contributed by atoms with Crippen molar-refractivity contribution in [1.82, 2.24) is 4.90 Å². The number of ether oxygens (including phenoxy) is 1. The first kappa shape index (κ1) is 15.4. The molecule has 0 amide bonds. The molecule has 0 unspecified atom stereocenters. The number of hydrogen-bond acceptors (Lipinski definition) is 2. The monoisotopic (exact) mass is 303 g/mol. The van der Waals surface area contributed by atoms with Gasteiger partial charge in [0.1, 0.15) is 17.2 Å². The normalized spacial score (nSPS) is 14.6. The zero-order valence-corrected chi connectivity index (χ0v) is 13.0. The Kier molecular flexibility index (Phi) is 5.20. The zero-order chi connectivity index (χ0) is 15.2. The predicted molar refractivity (Wildman–Crippen MR) is 83.7 cm³/mol. The molecular formula is C16H18ClN3O. The highest BCUT2D eigenvalue weighted by molar-refractivity contribution is 6.43. The molecule has 0 aromatic heterocycles. The molecule has 0 radical (unpaired) electrons. The lowest BCUT2D eigenvalue weighted by Crippen LogP contribution is -2.23. The first-order valence-electron chi connectivity index (χ1n) is 6.85. The Morgan fingerprint density at radius 2 is 2.05 bits per heavy atom. The largest absolute Gasteiger partial charge is 0.495 e. The maximum atomic E-state index is 8.98. The Morgan fingerprint density at radius 3 is 2.67 bits per heavy atom. The Labute approximate surface area is 129 Å². The first-order valence-corrected chi connectivity index (χ1v) is 7.23. The number of benzene rings is 1. The van der Waals surface area contributed by atoms with Gasteiger partial charge in [-0.15, -0.1) is 0 Å². The van der Waals surface area contributed by atoms with Gasteiger partial charge in [-0.05, 0) is 18.6 Å². The first-order chi connectivity index (χ1) is 10.2. The molecule has 21 heavy (non-hydrogen) atoms. The molecule has 1 aromatic carbocycles. The van der Waals surface area contributed by atoms with E-state index in [4.69, 9.17) is 21.9 Å². The molecule has 0 saturated heterocycles. The summed E-state index contributed by atoms with van der Waals surface area (Å²) < 4.78 is 5.68. The minimum absolute atomic E-state index is 0.397. The van der Waals surface area contributed by atoms with Crippen LogP contribution >= 0.6 is 11.6 Å². The molecule has 0 heterocycles. The van der Waals surface area contributed by atoms with Crippen LogP contribution < -0.4 is 0 Å². The molecule has 0 saturated carbocycles. The fourth-order valence-electron chi connectivity index (χ4n) is 2.26.